The van der Waals surface area contributed by atoms with Crippen molar-refractivity contribution in [2.45, 2.75) is 19.1 Å². The summed E-state index contributed by atoms with van der Waals surface area (Å²) in [6.07, 6.45) is 0.609. The minimum absolute atomic E-state index is 0.0516. The molecule has 1 aliphatic rings. The van der Waals surface area contributed by atoms with Crippen molar-refractivity contribution >= 4 is 17.5 Å². The molecule has 1 N–H and O–H groups in total. The van der Waals surface area contributed by atoms with E-state index in [9.17, 15) is 9.59 Å². The number of hydrogen-bond acceptors (Lipinski definition) is 3. The van der Waals surface area contributed by atoms with E-state index in [4.69, 9.17) is 4.74 Å². The molecule has 3 rings (SSSR count). The Bertz CT molecular complexity index is 688. The normalized spacial score (nSPS) is 17.1. The molecule has 2 amide bonds. The van der Waals surface area contributed by atoms with Crippen molar-refractivity contribution in [1.29, 1.82) is 0 Å². The molecule has 0 saturated carbocycles. The van der Waals surface area contributed by atoms with Gasteiger partial charge in [0, 0.05) is 12.2 Å². The largest absolute Gasteiger partial charge is 0.367 e. The highest BCUT2D eigenvalue weighted by Gasteiger charge is 2.33. The molecule has 1 aliphatic heterocycles. The number of anilines is 1. The zero-order valence-electron chi connectivity index (χ0n) is 13.4. The predicted octanol–water partition coefficient (Wildman–Crippen LogP) is 2.12. The van der Waals surface area contributed by atoms with Crippen LogP contribution in [0.5, 0.6) is 0 Å². The predicted molar refractivity (Wildman–Crippen MR) is 91.4 cm³/mol. The van der Waals surface area contributed by atoms with Gasteiger partial charge < -0.3 is 15.0 Å². The van der Waals surface area contributed by atoms with E-state index in [1.54, 1.807) is 4.90 Å². The molecule has 1 atom stereocenters. The minimum atomic E-state index is -0.474. The van der Waals surface area contributed by atoms with Crippen LogP contribution in [0.1, 0.15) is 12.0 Å². The molecule has 0 aromatic heterocycles. The molecule has 124 valence electrons. The molecule has 5 heteroatoms. The number of benzene rings is 2. The van der Waals surface area contributed by atoms with E-state index in [1.165, 1.54) is 0 Å². The van der Waals surface area contributed by atoms with Gasteiger partial charge in [-0.3, -0.25) is 9.59 Å². The number of carbonyl (C=O) groups excluding carboxylic acids is 2. The number of ether oxygens (including phenoxy) is 1. The van der Waals surface area contributed by atoms with Crippen molar-refractivity contribution in [3.8, 4) is 0 Å². The second-order valence-corrected chi connectivity index (χ2v) is 5.71. The maximum Gasteiger partial charge on any atom is 0.249 e. The molecule has 5 nitrogen and oxygen atoms in total. The van der Waals surface area contributed by atoms with E-state index in [2.05, 4.69) is 5.32 Å². The van der Waals surface area contributed by atoms with Gasteiger partial charge in [-0.15, -0.1) is 0 Å². The molecule has 2 aromatic carbocycles. The zero-order valence-corrected chi connectivity index (χ0v) is 13.4. The Kier molecular flexibility index (Phi) is 5.23. The van der Waals surface area contributed by atoms with Crippen molar-refractivity contribution in [3.05, 3.63) is 66.2 Å². The van der Waals surface area contributed by atoms with Gasteiger partial charge in [0.25, 0.3) is 0 Å². The van der Waals surface area contributed by atoms with Crippen molar-refractivity contribution < 1.29 is 14.3 Å². The van der Waals surface area contributed by atoms with Crippen molar-refractivity contribution in [3.63, 3.8) is 0 Å². The lowest BCUT2D eigenvalue weighted by atomic mass is 10.2. The van der Waals surface area contributed by atoms with E-state index in [-0.39, 0.29) is 18.4 Å². The fourth-order valence-corrected chi connectivity index (χ4v) is 2.75. The summed E-state index contributed by atoms with van der Waals surface area (Å²) in [5.74, 6) is -0.336. The molecule has 0 aliphatic carbocycles. The lowest BCUT2D eigenvalue weighted by Crippen LogP contribution is -2.43. The van der Waals surface area contributed by atoms with Crippen LogP contribution in [0.2, 0.25) is 0 Å². The van der Waals surface area contributed by atoms with Crippen LogP contribution in [-0.4, -0.2) is 31.0 Å². The van der Waals surface area contributed by atoms with Gasteiger partial charge in [-0.1, -0.05) is 48.5 Å². The Balaban J connectivity index is 1.46. The average molecular weight is 324 g/mol. The number of carbonyl (C=O) groups is 2. The first-order valence-electron chi connectivity index (χ1n) is 8.01. The van der Waals surface area contributed by atoms with E-state index in [0.29, 0.717) is 19.6 Å². The zero-order chi connectivity index (χ0) is 16.8. The average Bonchev–Trinajstić information content (AvgIpc) is 2.97. The quantitative estimate of drug-likeness (QED) is 0.885. The number of hydrogen-bond donors (Lipinski definition) is 1. The molecule has 0 bridgehead atoms. The Labute approximate surface area is 141 Å². The van der Waals surface area contributed by atoms with E-state index in [1.807, 2.05) is 60.7 Å². The number of para-hydroxylation sites is 1. The first-order chi connectivity index (χ1) is 11.7. The SMILES string of the molecule is O=C(COCc1ccccc1)N[C@@H]1CCN(c2ccccc2)C1=O. The smallest absolute Gasteiger partial charge is 0.249 e. The van der Waals surface area contributed by atoms with E-state index in [0.717, 1.165) is 11.3 Å². The number of amides is 2. The van der Waals surface area contributed by atoms with Crippen molar-refractivity contribution in [2.24, 2.45) is 0 Å². The minimum Gasteiger partial charge on any atom is -0.367 e. The molecular weight excluding hydrogens is 304 g/mol. The third kappa shape index (κ3) is 4.00. The summed E-state index contributed by atoms with van der Waals surface area (Å²) in [5, 5.41) is 2.76. The standard InChI is InChI=1S/C19H20N2O3/c22-18(14-24-13-15-7-3-1-4-8-15)20-17-11-12-21(19(17)23)16-9-5-2-6-10-16/h1-10,17H,11-14H2,(H,20,22)/t17-/m1/s1. The topological polar surface area (TPSA) is 58.6 Å². The van der Waals surface area contributed by atoms with Crippen LogP contribution in [-0.2, 0) is 20.9 Å². The van der Waals surface area contributed by atoms with Gasteiger partial charge in [0.15, 0.2) is 0 Å². The summed E-state index contributed by atoms with van der Waals surface area (Å²) in [4.78, 5) is 26.1. The molecule has 0 spiro atoms. The summed E-state index contributed by atoms with van der Waals surface area (Å²) < 4.78 is 5.40. The molecule has 2 aromatic rings. The van der Waals surface area contributed by atoms with Crippen molar-refractivity contribution in [1.82, 2.24) is 5.32 Å². The molecule has 0 unspecified atom stereocenters. The van der Waals surface area contributed by atoms with Crippen LogP contribution in [0.25, 0.3) is 0 Å². The highest BCUT2D eigenvalue weighted by atomic mass is 16.5. The maximum absolute atomic E-state index is 12.4. The Morgan fingerprint density at radius 2 is 1.75 bits per heavy atom. The second kappa shape index (κ2) is 7.75. The fourth-order valence-electron chi connectivity index (χ4n) is 2.75. The highest BCUT2D eigenvalue weighted by Crippen LogP contribution is 2.20. The monoisotopic (exact) mass is 324 g/mol. The first kappa shape index (κ1) is 16.2. The lowest BCUT2D eigenvalue weighted by Gasteiger charge is -2.17. The molecule has 1 heterocycles. The van der Waals surface area contributed by atoms with E-state index >= 15 is 0 Å². The summed E-state index contributed by atoms with van der Waals surface area (Å²) in [6, 6.07) is 18.7. The Morgan fingerprint density at radius 1 is 1.08 bits per heavy atom. The highest BCUT2D eigenvalue weighted by molar-refractivity contribution is 6.01. The number of nitrogens with zero attached hydrogens (tertiary/aromatic N) is 1. The van der Waals surface area contributed by atoms with Gasteiger partial charge in [-0.05, 0) is 24.1 Å². The summed E-state index contributed by atoms with van der Waals surface area (Å²) in [6.45, 7) is 0.936. The van der Waals surface area contributed by atoms with Gasteiger partial charge in [0.2, 0.25) is 11.8 Å². The summed E-state index contributed by atoms with van der Waals surface area (Å²) >= 11 is 0. The fraction of sp³-hybridized carbons (Fsp3) is 0.263. The van der Waals surface area contributed by atoms with Crippen LogP contribution >= 0.6 is 0 Å². The van der Waals surface area contributed by atoms with Crippen LogP contribution in [0.3, 0.4) is 0 Å². The first-order valence-corrected chi connectivity index (χ1v) is 8.01. The Morgan fingerprint density at radius 3 is 2.46 bits per heavy atom. The number of rotatable bonds is 6. The van der Waals surface area contributed by atoms with Gasteiger partial charge in [-0.25, -0.2) is 0 Å². The van der Waals surface area contributed by atoms with Crippen LogP contribution in [0, 0.1) is 0 Å². The second-order valence-electron chi connectivity index (χ2n) is 5.71. The molecule has 0 radical (unpaired) electrons. The molecular formula is C19H20N2O3. The Hall–Kier alpha value is -2.66. The third-order valence-corrected chi connectivity index (χ3v) is 3.95. The van der Waals surface area contributed by atoms with Crippen molar-refractivity contribution in [2.75, 3.05) is 18.1 Å². The third-order valence-electron chi connectivity index (χ3n) is 3.95. The lowest BCUT2D eigenvalue weighted by molar-refractivity contribution is -0.130. The van der Waals surface area contributed by atoms with Gasteiger partial charge in [0.1, 0.15) is 12.6 Å². The van der Waals surface area contributed by atoms with Crippen LogP contribution in [0.4, 0.5) is 5.69 Å². The van der Waals surface area contributed by atoms with E-state index < -0.39 is 6.04 Å². The molecule has 24 heavy (non-hydrogen) atoms. The van der Waals surface area contributed by atoms with Gasteiger partial charge in [0.05, 0.1) is 6.61 Å². The summed E-state index contributed by atoms with van der Waals surface area (Å²) in [7, 11) is 0. The van der Waals surface area contributed by atoms with Gasteiger partial charge in [-0.2, -0.15) is 0 Å². The van der Waals surface area contributed by atoms with Gasteiger partial charge >= 0.3 is 0 Å². The number of nitrogens with one attached hydrogen (secondary N) is 1. The summed E-state index contributed by atoms with van der Waals surface area (Å²) in [5.41, 5.74) is 1.87. The molecule has 1 saturated heterocycles. The maximum atomic E-state index is 12.4. The van der Waals surface area contributed by atoms with Crippen LogP contribution < -0.4 is 10.2 Å². The van der Waals surface area contributed by atoms with Crippen LogP contribution in [0.15, 0.2) is 60.7 Å². The molecule has 1 fully saturated rings.